The minimum Gasteiger partial charge on any atom is -0.485 e. The number of carbonyl (C=O) groups excluding carboxylic acids is 1. The molecule has 0 bridgehead atoms. The molecule has 162 valence electrons. The van der Waals surface area contributed by atoms with Gasteiger partial charge in [0.25, 0.3) is 5.91 Å². The topological polar surface area (TPSA) is 120 Å². The first kappa shape index (κ1) is 19.8. The monoisotopic (exact) mass is 435 g/mol. The Labute approximate surface area is 181 Å². The number of nitrogens with one attached hydrogen (secondary N) is 1. The Morgan fingerprint density at radius 3 is 3.06 bits per heavy atom. The number of anilines is 1. The molecule has 10 nitrogen and oxygen atoms in total. The lowest BCUT2D eigenvalue weighted by Gasteiger charge is -2.20. The molecule has 1 aromatic carbocycles. The number of aliphatic hydroxyl groups excluding tert-OH is 1. The minimum absolute atomic E-state index is 0.0958. The Morgan fingerprint density at radius 2 is 2.22 bits per heavy atom. The number of halogens is 1. The van der Waals surface area contributed by atoms with Crippen LogP contribution in [-0.2, 0) is 6.61 Å². The molecular formula is C21H18FN7O3. The molecule has 1 aliphatic rings. The van der Waals surface area contributed by atoms with E-state index in [2.05, 4.69) is 25.5 Å². The van der Waals surface area contributed by atoms with Gasteiger partial charge in [-0.15, -0.1) is 10.2 Å². The molecule has 0 radical (unpaired) electrons. The van der Waals surface area contributed by atoms with Gasteiger partial charge in [-0.2, -0.15) is 0 Å². The quantitative estimate of drug-likeness (QED) is 0.494. The third-order valence-electron chi connectivity index (χ3n) is 5.18. The first-order chi connectivity index (χ1) is 15.5. The van der Waals surface area contributed by atoms with Crippen LogP contribution in [0.2, 0.25) is 0 Å². The number of benzene rings is 1. The summed E-state index contributed by atoms with van der Waals surface area (Å²) in [5, 5.41) is 20.0. The van der Waals surface area contributed by atoms with E-state index < -0.39 is 11.7 Å². The number of aliphatic hydroxyl groups is 1. The highest BCUT2D eigenvalue weighted by molar-refractivity contribution is 6.04. The highest BCUT2D eigenvalue weighted by Gasteiger charge is 2.23. The number of aromatic nitrogens is 6. The first-order valence-corrected chi connectivity index (χ1v) is 9.82. The molecule has 0 saturated carbocycles. The molecule has 1 unspecified atom stereocenters. The second-order valence-corrected chi connectivity index (χ2v) is 7.30. The molecule has 0 spiro atoms. The van der Waals surface area contributed by atoms with Crippen molar-refractivity contribution in [3.8, 4) is 23.0 Å². The molecule has 11 heteroatoms. The van der Waals surface area contributed by atoms with Gasteiger partial charge in [-0.25, -0.2) is 14.4 Å². The fraction of sp³-hybridized carbons (Fsp3) is 0.190. The molecule has 2 N–H and O–H groups in total. The largest absolute Gasteiger partial charge is 0.485 e. The average Bonchev–Trinajstić information content (AvgIpc) is 3.48. The molecule has 32 heavy (non-hydrogen) atoms. The Kier molecular flexibility index (Phi) is 4.86. The number of ether oxygens (including phenoxy) is 1. The van der Waals surface area contributed by atoms with Crippen molar-refractivity contribution in [3.05, 3.63) is 66.3 Å². The number of pyridine rings is 1. The van der Waals surface area contributed by atoms with Crippen molar-refractivity contribution >= 4 is 11.7 Å². The predicted octanol–water partition coefficient (Wildman–Crippen LogP) is 2.36. The third-order valence-corrected chi connectivity index (χ3v) is 5.18. The molecule has 0 aliphatic carbocycles. The predicted molar refractivity (Wildman–Crippen MR) is 111 cm³/mol. The Morgan fingerprint density at radius 1 is 1.34 bits per heavy atom. The van der Waals surface area contributed by atoms with E-state index in [0.29, 0.717) is 23.0 Å². The molecule has 1 atom stereocenters. The van der Waals surface area contributed by atoms with Crippen LogP contribution in [0.4, 0.5) is 10.2 Å². The van der Waals surface area contributed by atoms with E-state index in [9.17, 15) is 14.3 Å². The zero-order valence-corrected chi connectivity index (χ0v) is 16.9. The summed E-state index contributed by atoms with van der Waals surface area (Å²) in [6, 6.07) is 7.35. The molecule has 5 rings (SSSR count). The molecule has 0 fully saturated rings. The summed E-state index contributed by atoms with van der Waals surface area (Å²) in [4.78, 5) is 21.3. The summed E-state index contributed by atoms with van der Waals surface area (Å²) in [6.45, 7) is 1.99. The molecule has 0 saturated heterocycles. The maximum absolute atomic E-state index is 14.7. The number of carbonyl (C=O) groups is 1. The van der Waals surface area contributed by atoms with Crippen molar-refractivity contribution in [1.82, 2.24) is 29.3 Å². The van der Waals surface area contributed by atoms with Crippen molar-refractivity contribution in [3.63, 3.8) is 0 Å². The standard InChI is InChI=1S/C21H18FN7O3/c1-12(8-30)28-11-24-27-20(28)16-3-2-4-19(25-16)26-21(31)14-5-17-18(6-15(14)22)32-9-13-7-23-10-29(13)17/h2-7,10-12,30H,8-9H2,1H3,(H,25,26,31). The fourth-order valence-electron chi connectivity index (χ4n) is 3.47. The highest BCUT2D eigenvalue weighted by Crippen LogP contribution is 2.32. The molecule has 4 heterocycles. The Balaban J connectivity index is 1.44. The molecule has 3 aromatic heterocycles. The van der Waals surface area contributed by atoms with E-state index in [1.807, 2.05) is 6.92 Å². The lowest BCUT2D eigenvalue weighted by Crippen LogP contribution is -2.18. The van der Waals surface area contributed by atoms with Gasteiger partial charge in [0.15, 0.2) is 5.82 Å². The van der Waals surface area contributed by atoms with Gasteiger partial charge >= 0.3 is 0 Å². The van der Waals surface area contributed by atoms with Gasteiger partial charge in [0, 0.05) is 6.07 Å². The second kappa shape index (κ2) is 7.85. The maximum atomic E-state index is 14.7. The van der Waals surface area contributed by atoms with Crippen LogP contribution >= 0.6 is 0 Å². The van der Waals surface area contributed by atoms with Gasteiger partial charge in [0.2, 0.25) is 0 Å². The number of imidazole rings is 1. The van der Waals surface area contributed by atoms with E-state index in [4.69, 9.17) is 4.74 Å². The van der Waals surface area contributed by atoms with E-state index in [1.54, 1.807) is 39.9 Å². The number of hydrogen-bond acceptors (Lipinski definition) is 7. The highest BCUT2D eigenvalue weighted by atomic mass is 19.1. The lowest BCUT2D eigenvalue weighted by molar-refractivity contribution is 0.102. The lowest BCUT2D eigenvalue weighted by atomic mass is 10.1. The van der Waals surface area contributed by atoms with Crippen LogP contribution in [-0.4, -0.2) is 46.9 Å². The van der Waals surface area contributed by atoms with Gasteiger partial charge < -0.3 is 19.7 Å². The summed E-state index contributed by atoms with van der Waals surface area (Å²) < 4.78 is 23.7. The number of fused-ring (bicyclic) bond motifs is 3. The van der Waals surface area contributed by atoms with Crippen LogP contribution in [0.1, 0.15) is 29.0 Å². The van der Waals surface area contributed by atoms with Crippen LogP contribution in [0.25, 0.3) is 17.2 Å². The molecule has 1 aliphatic heterocycles. The van der Waals surface area contributed by atoms with E-state index in [0.717, 1.165) is 5.69 Å². The fourth-order valence-corrected chi connectivity index (χ4v) is 3.47. The number of hydrogen-bond donors (Lipinski definition) is 2. The maximum Gasteiger partial charge on any atom is 0.259 e. The van der Waals surface area contributed by atoms with Crippen molar-refractivity contribution in [2.45, 2.75) is 19.6 Å². The molecule has 4 aromatic rings. The summed E-state index contributed by atoms with van der Waals surface area (Å²) >= 11 is 0. The first-order valence-electron chi connectivity index (χ1n) is 9.82. The smallest absolute Gasteiger partial charge is 0.259 e. The number of rotatable bonds is 5. The van der Waals surface area contributed by atoms with Crippen LogP contribution in [0.3, 0.4) is 0 Å². The number of nitrogens with zero attached hydrogens (tertiary/aromatic N) is 6. The summed E-state index contributed by atoms with van der Waals surface area (Å²) in [7, 11) is 0. The van der Waals surface area contributed by atoms with Crippen LogP contribution in [0.5, 0.6) is 5.75 Å². The van der Waals surface area contributed by atoms with Crippen molar-refractivity contribution in [2.75, 3.05) is 11.9 Å². The van der Waals surface area contributed by atoms with Crippen molar-refractivity contribution < 1.29 is 19.0 Å². The Hall–Kier alpha value is -4.12. The Bertz CT molecular complexity index is 1320. The molecule has 1 amide bonds. The SMILES string of the molecule is CC(CO)n1cnnc1-c1cccc(NC(=O)c2cc3c(cc2F)OCc2cncn2-3)n1. The summed E-state index contributed by atoms with van der Waals surface area (Å²) in [5.41, 5.74) is 1.62. The van der Waals surface area contributed by atoms with E-state index in [-0.39, 0.29) is 30.6 Å². The normalized spacial score (nSPS) is 13.1. The van der Waals surface area contributed by atoms with Crippen LogP contribution in [0, 0.1) is 5.82 Å². The van der Waals surface area contributed by atoms with Gasteiger partial charge in [-0.3, -0.25) is 9.36 Å². The summed E-state index contributed by atoms with van der Waals surface area (Å²) in [6.07, 6.45) is 4.74. The van der Waals surface area contributed by atoms with Gasteiger partial charge in [-0.1, -0.05) is 6.07 Å². The van der Waals surface area contributed by atoms with Crippen LogP contribution < -0.4 is 10.1 Å². The van der Waals surface area contributed by atoms with Crippen molar-refractivity contribution in [2.24, 2.45) is 0 Å². The van der Waals surface area contributed by atoms with Crippen molar-refractivity contribution in [1.29, 1.82) is 0 Å². The van der Waals surface area contributed by atoms with Crippen LogP contribution in [0.15, 0.2) is 49.2 Å². The minimum atomic E-state index is -0.711. The van der Waals surface area contributed by atoms with Gasteiger partial charge in [-0.05, 0) is 25.1 Å². The van der Waals surface area contributed by atoms with E-state index in [1.165, 1.54) is 18.5 Å². The second-order valence-electron chi connectivity index (χ2n) is 7.30. The zero-order chi connectivity index (χ0) is 22.2. The van der Waals surface area contributed by atoms with Gasteiger partial charge in [0.1, 0.15) is 36.0 Å². The zero-order valence-electron chi connectivity index (χ0n) is 16.9. The van der Waals surface area contributed by atoms with Gasteiger partial charge in [0.05, 0.1) is 42.1 Å². The average molecular weight is 435 g/mol. The van der Waals surface area contributed by atoms with E-state index >= 15 is 0 Å². The summed E-state index contributed by atoms with van der Waals surface area (Å²) in [5.74, 6) is -0.380. The number of amides is 1. The third kappa shape index (κ3) is 3.38. The molecular weight excluding hydrogens is 417 g/mol.